The number of carbonyl (C=O) groups is 2. The van der Waals surface area contributed by atoms with Gasteiger partial charge in [0, 0.05) is 18.3 Å². The SMILES string of the molecule is CC(C)[Si](O[C@@H]([C@@H](C)[C@H](C[C@@H]1CC[C@@](C)([C@H]2CC[C@@](C)([C@@H](C)O[Si](C)(C)C(C)(C)C)O2)O1)OC(=O)c1ccccc1)[C@H](C)/C=C/C[C@@H](C)C[C@@H](C)C=O)(C(C)C)C(C)C. The summed E-state index contributed by atoms with van der Waals surface area (Å²) >= 11 is 0. The highest BCUT2D eigenvalue weighted by atomic mass is 28.4. The number of rotatable bonds is 22. The van der Waals surface area contributed by atoms with Crippen LogP contribution in [0.15, 0.2) is 42.5 Å². The van der Waals surface area contributed by atoms with Gasteiger partial charge in [0.25, 0.3) is 0 Å². The average Bonchev–Trinajstić information content (AvgIpc) is 3.74. The van der Waals surface area contributed by atoms with E-state index in [9.17, 15) is 9.59 Å². The number of aldehydes is 1. The highest BCUT2D eigenvalue weighted by Crippen LogP contribution is 2.49. The van der Waals surface area contributed by atoms with Gasteiger partial charge in [-0.25, -0.2) is 4.79 Å². The molecular weight excluding hydrogens is 769 g/mol. The number of hydrogen-bond acceptors (Lipinski definition) is 7. The molecule has 2 aliphatic rings. The smallest absolute Gasteiger partial charge is 0.338 e. The van der Waals surface area contributed by atoms with Crippen LogP contribution in [0, 0.1) is 23.7 Å². The molecule has 2 saturated heterocycles. The van der Waals surface area contributed by atoms with Gasteiger partial charge in [-0.05, 0) is 118 Å². The molecule has 3 rings (SSSR count). The maximum atomic E-state index is 14.0. The van der Waals surface area contributed by atoms with E-state index in [2.05, 4.69) is 129 Å². The largest absolute Gasteiger partial charge is 0.458 e. The first-order valence-corrected chi connectivity index (χ1v) is 28.4. The first-order valence-electron chi connectivity index (χ1n) is 23.3. The Hall–Kier alpha value is -1.63. The Morgan fingerprint density at radius 1 is 0.864 bits per heavy atom. The second kappa shape index (κ2) is 21.2. The van der Waals surface area contributed by atoms with Crippen LogP contribution < -0.4 is 0 Å². The third-order valence-electron chi connectivity index (χ3n) is 14.9. The topological polar surface area (TPSA) is 80.3 Å². The monoisotopic (exact) mass is 857 g/mol. The Morgan fingerprint density at radius 3 is 2.00 bits per heavy atom. The summed E-state index contributed by atoms with van der Waals surface area (Å²) in [6, 6.07) is 9.36. The zero-order valence-electron chi connectivity index (χ0n) is 40.9. The van der Waals surface area contributed by atoms with E-state index in [0.717, 1.165) is 44.8 Å². The lowest BCUT2D eigenvalue weighted by Gasteiger charge is -2.48. The van der Waals surface area contributed by atoms with Gasteiger partial charge in [-0.15, -0.1) is 0 Å². The van der Waals surface area contributed by atoms with Gasteiger partial charge in [-0.3, -0.25) is 0 Å². The van der Waals surface area contributed by atoms with Gasteiger partial charge >= 0.3 is 5.97 Å². The molecule has 0 saturated carbocycles. The number of carbonyl (C=O) groups excluding carboxylic acids is 2. The summed E-state index contributed by atoms with van der Waals surface area (Å²) in [6.07, 6.45) is 10.8. The Bertz CT molecular complexity index is 1470. The standard InChI is InChI=1S/C50H88O7Si2/c1-34(2)59(35(3)4,36(5)6)57-46(39(9)24-22-23-37(7)31-38(8)33-51)40(10)44(53-47(52)42-25-20-19-21-26-42)32-43-27-29-50(16,54-43)45-28-30-49(15,55-45)41(11)56-58(17,18)48(12,13)14/h19-22,24-26,33-41,43-46H,23,27-32H2,1-18H3/b24-22+/t37-,38-,39-,40+,41-,43+,44+,45-,46-,49+,50+/m1/s1. The zero-order chi connectivity index (χ0) is 44.7. The fourth-order valence-corrected chi connectivity index (χ4v) is 17.3. The van der Waals surface area contributed by atoms with E-state index < -0.39 is 28.3 Å². The molecule has 1 aromatic rings. The van der Waals surface area contributed by atoms with Crippen LogP contribution in [-0.4, -0.2) is 70.6 Å². The first kappa shape index (κ1) is 51.7. The van der Waals surface area contributed by atoms with Crippen molar-refractivity contribution in [3.05, 3.63) is 48.0 Å². The summed E-state index contributed by atoms with van der Waals surface area (Å²) in [5.74, 6) is 0.0864. The van der Waals surface area contributed by atoms with Crippen LogP contribution in [0.4, 0.5) is 0 Å². The van der Waals surface area contributed by atoms with Gasteiger partial charge in [0.1, 0.15) is 12.4 Å². The molecule has 1 aromatic carbocycles. The lowest BCUT2D eigenvalue weighted by atomic mass is 9.85. The molecule has 0 spiro atoms. The first-order chi connectivity index (χ1) is 27.2. The van der Waals surface area contributed by atoms with E-state index in [4.69, 9.17) is 23.1 Å². The molecule has 0 radical (unpaired) electrons. The maximum absolute atomic E-state index is 14.0. The van der Waals surface area contributed by atoms with Crippen LogP contribution in [0.25, 0.3) is 0 Å². The summed E-state index contributed by atoms with van der Waals surface area (Å²) in [4.78, 5) is 25.3. The van der Waals surface area contributed by atoms with Crippen LogP contribution in [0.5, 0.6) is 0 Å². The van der Waals surface area contributed by atoms with Crippen molar-refractivity contribution in [1.29, 1.82) is 0 Å². The normalized spacial score (nSPS) is 26.9. The fraction of sp³-hybridized carbons (Fsp3) is 0.800. The highest BCUT2D eigenvalue weighted by Gasteiger charge is 2.54. The van der Waals surface area contributed by atoms with E-state index in [1.807, 2.05) is 37.3 Å². The van der Waals surface area contributed by atoms with E-state index in [1.54, 1.807) is 0 Å². The quantitative estimate of drug-likeness (QED) is 0.0497. The van der Waals surface area contributed by atoms with Crippen LogP contribution >= 0.6 is 0 Å². The van der Waals surface area contributed by atoms with Crippen LogP contribution in [0.1, 0.15) is 166 Å². The van der Waals surface area contributed by atoms with Gasteiger partial charge < -0.3 is 27.9 Å². The Balaban J connectivity index is 1.95. The molecule has 9 heteroatoms. The third kappa shape index (κ3) is 13.0. The van der Waals surface area contributed by atoms with Crippen molar-refractivity contribution in [2.45, 2.75) is 232 Å². The molecule has 0 bridgehead atoms. The molecule has 0 aliphatic carbocycles. The minimum Gasteiger partial charge on any atom is -0.458 e. The summed E-state index contributed by atoms with van der Waals surface area (Å²) in [7, 11) is -4.34. The van der Waals surface area contributed by atoms with Crippen molar-refractivity contribution < 1.29 is 32.7 Å². The van der Waals surface area contributed by atoms with Gasteiger partial charge in [-0.1, -0.05) is 120 Å². The fourth-order valence-electron chi connectivity index (χ4n) is 10.1. The molecule has 11 atom stereocenters. The highest BCUT2D eigenvalue weighted by molar-refractivity contribution is 6.77. The number of ether oxygens (including phenoxy) is 3. The molecule has 2 heterocycles. The van der Waals surface area contributed by atoms with Gasteiger partial charge in [0.15, 0.2) is 8.32 Å². The Kier molecular flexibility index (Phi) is 18.6. The molecule has 0 amide bonds. The predicted molar refractivity (Wildman–Crippen MR) is 250 cm³/mol. The lowest BCUT2D eigenvalue weighted by molar-refractivity contribution is -0.170. The van der Waals surface area contributed by atoms with Gasteiger partial charge in [-0.2, -0.15) is 0 Å². The van der Waals surface area contributed by atoms with Crippen molar-refractivity contribution in [3.63, 3.8) is 0 Å². The molecule has 0 N–H and O–H groups in total. The molecule has 2 fully saturated rings. The van der Waals surface area contributed by atoms with Crippen molar-refractivity contribution in [1.82, 2.24) is 0 Å². The number of benzene rings is 1. The minimum atomic E-state index is -2.36. The zero-order valence-corrected chi connectivity index (χ0v) is 42.9. The van der Waals surface area contributed by atoms with Crippen molar-refractivity contribution in [3.8, 4) is 0 Å². The number of allylic oxidation sites excluding steroid dienone is 1. The van der Waals surface area contributed by atoms with Crippen LogP contribution in [-0.2, 0) is 27.9 Å². The van der Waals surface area contributed by atoms with Crippen LogP contribution in [0.2, 0.25) is 34.8 Å². The van der Waals surface area contributed by atoms with Crippen molar-refractivity contribution in [2.24, 2.45) is 23.7 Å². The molecule has 7 nitrogen and oxygen atoms in total. The summed E-state index contributed by atoms with van der Waals surface area (Å²) in [5.41, 5.74) is 0.910. The average molecular weight is 857 g/mol. The molecule has 0 unspecified atom stereocenters. The van der Waals surface area contributed by atoms with E-state index in [0.29, 0.717) is 34.5 Å². The summed E-state index contributed by atoms with van der Waals surface area (Å²) < 4.78 is 35.3. The van der Waals surface area contributed by atoms with Crippen molar-refractivity contribution in [2.75, 3.05) is 0 Å². The second-order valence-electron chi connectivity index (χ2n) is 21.9. The lowest BCUT2D eigenvalue weighted by Crippen LogP contribution is -2.54. The Labute approximate surface area is 364 Å². The number of hydrogen-bond donors (Lipinski definition) is 0. The molecule has 338 valence electrons. The maximum Gasteiger partial charge on any atom is 0.338 e. The minimum absolute atomic E-state index is 0.0221. The van der Waals surface area contributed by atoms with Crippen LogP contribution in [0.3, 0.4) is 0 Å². The van der Waals surface area contributed by atoms with E-state index >= 15 is 0 Å². The molecule has 2 aliphatic heterocycles. The van der Waals surface area contributed by atoms with Gasteiger partial charge in [0.05, 0.1) is 41.2 Å². The summed E-state index contributed by atoms with van der Waals surface area (Å²) in [6.45, 7) is 40.8. The Morgan fingerprint density at radius 2 is 1.46 bits per heavy atom. The van der Waals surface area contributed by atoms with Crippen molar-refractivity contribution >= 4 is 28.9 Å². The third-order valence-corrected chi connectivity index (χ3v) is 25.6. The van der Waals surface area contributed by atoms with Gasteiger partial charge in [0.2, 0.25) is 8.32 Å². The summed E-state index contributed by atoms with van der Waals surface area (Å²) in [5, 5.41) is 0.121. The molecule has 59 heavy (non-hydrogen) atoms. The molecule has 0 aromatic heterocycles. The van der Waals surface area contributed by atoms with E-state index in [-0.39, 0.29) is 58.8 Å². The van der Waals surface area contributed by atoms with E-state index in [1.165, 1.54) is 0 Å². The number of esters is 1. The predicted octanol–water partition coefficient (Wildman–Crippen LogP) is 13.5. The second-order valence-corrected chi connectivity index (χ2v) is 32.0. The molecular formula is C50H88O7Si2.